The van der Waals surface area contributed by atoms with Crippen LogP contribution in [0.25, 0.3) is 6.08 Å². The molecular formula is C24H19F2NO3S. The van der Waals surface area contributed by atoms with Crippen molar-refractivity contribution < 1.29 is 23.0 Å². The van der Waals surface area contributed by atoms with E-state index < -0.39 is 6.61 Å². The Balaban J connectivity index is 1.52. The maximum Gasteiger partial charge on any atom is 0.387 e. The molecule has 3 aromatic carbocycles. The summed E-state index contributed by atoms with van der Waals surface area (Å²) in [6.07, 6.45) is 3.07. The maximum absolute atomic E-state index is 12.7. The number of alkyl halides is 2. The highest BCUT2D eigenvalue weighted by Crippen LogP contribution is 2.44. The lowest BCUT2D eigenvalue weighted by molar-refractivity contribution is -0.0514. The fraction of sp³-hybridized carbons (Fsp3) is 0.125. The van der Waals surface area contributed by atoms with Gasteiger partial charge in [-0.1, -0.05) is 36.0 Å². The number of carbonyl (C=O) groups excluding carboxylic acids is 1. The monoisotopic (exact) mass is 439 g/mol. The summed E-state index contributed by atoms with van der Waals surface area (Å²) >= 11 is 1.65. The minimum absolute atomic E-state index is 0.0427. The SMILES string of the molecule is CCOc1cc(/C=C/C(=O)c2ccc3c(c2)Nc2ccccc2S3)ccc1OC(F)F. The van der Waals surface area contributed by atoms with Gasteiger partial charge in [0.05, 0.1) is 18.0 Å². The third kappa shape index (κ3) is 4.88. The standard InChI is InChI=1S/C24H19F2NO3S/c1-2-29-21-13-15(8-11-20(21)30-24(25)26)7-10-19(28)16-9-12-23-18(14-16)27-17-5-3-4-6-22(17)31-23/h3-14,24,27H,2H2,1H3/b10-7+. The highest BCUT2D eigenvalue weighted by Gasteiger charge is 2.16. The number of carbonyl (C=O) groups is 1. The number of anilines is 2. The van der Waals surface area contributed by atoms with Crippen molar-refractivity contribution in [2.24, 2.45) is 0 Å². The summed E-state index contributed by atoms with van der Waals surface area (Å²) in [7, 11) is 0. The number of allylic oxidation sites excluding steroid dienone is 1. The number of fused-ring (bicyclic) bond motifs is 2. The van der Waals surface area contributed by atoms with Crippen LogP contribution in [0.2, 0.25) is 0 Å². The normalized spacial score (nSPS) is 12.3. The van der Waals surface area contributed by atoms with Crippen molar-refractivity contribution in [1.82, 2.24) is 0 Å². The summed E-state index contributed by atoms with van der Waals surface area (Å²) < 4.78 is 34.9. The van der Waals surface area contributed by atoms with Crippen molar-refractivity contribution in [3.05, 3.63) is 77.9 Å². The molecule has 0 spiro atoms. The molecule has 0 radical (unpaired) electrons. The predicted molar refractivity (Wildman–Crippen MR) is 118 cm³/mol. The molecule has 0 unspecified atom stereocenters. The molecule has 0 saturated carbocycles. The molecule has 0 amide bonds. The number of nitrogens with one attached hydrogen (secondary N) is 1. The first-order chi connectivity index (χ1) is 15.0. The van der Waals surface area contributed by atoms with Gasteiger partial charge in [-0.05, 0) is 61.0 Å². The van der Waals surface area contributed by atoms with Gasteiger partial charge in [-0.3, -0.25) is 4.79 Å². The van der Waals surface area contributed by atoms with Crippen molar-refractivity contribution in [3.63, 3.8) is 0 Å². The van der Waals surface area contributed by atoms with Gasteiger partial charge in [-0.15, -0.1) is 0 Å². The topological polar surface area (TPSA) is 47.6 Å². The Bertz CT molecular complexity index is 1150. The van der Waals surface area contributed by atoms with Crippen LogP contribution in [0, 0.1) is 0 Å². The van der Waals surface area contributed by atoms with Crippen LogP contribution >= 0.6 is 11.8 Å². The molecule has 0 aliphatic carbocycles. The van der Waals surface area contributed by atoms with Gasteiger partial charge in [-0.2, -0.15) is 8.78 Å². The fourth-order valence-corrected chi connectivity index (χ4v) is 4.12. The second kappa shape index (κ2) is 9.22. The third-order valence-electron chi connectivity index (χ3n) is 4.55. The molecule has 0 aromatic heterocycles. The van der Waals surface area contributed by atoms with Crippen molar-refractivity contribution >= 4 is 35.0 Å². The molecule has 0 bridgehead atoms. The van der Waals surface area contributed by atoms with E-state index in [-0.39, 0.29) is 17.3 Å². The lowest BCUT2D eigenvalue weighted by atomic mass is 10.1. The molecule has 1 aliphatic rings. The number of halogens is 2. The molecule has 4 rings (SSSR count). The highest BCUT2D eigenvalue weighted by molar-refractivity contribution is 7.99. The first kappa shape index (κ1) is 20.9. The van der Waals surface area contributed by atoms with Crippen LogP contribution in [-0.4, -0.2) is 19.0 Å². The molecular weight excluding hydrogens is 420 g/mol. The van der Waals surface area contributed by atoms with Crippen LogP contribution in [0.15, 0.2) is 76.5 Å². The van der Waals surface area contributed by atoms with Crippen LogP contribution in [0.5, 0.6) is 11.5 Å². The van der Waals surface area contributed by atoms with Gasteiger partial charge in [0.1, 0.15) is 0 Å². The van der Waals surface area contributed by atoms with Crippen molar-refractivity contribution in [2.45, 2.75) is 23.3 Å². The molecule has 31 heavy (non-hydrogen) atoms. The van der Waals surface area contributed by atoms with Gasteiger partial charge < -0.3 is 14.8 Å². The molecule has 0 atom stereocenters. The number of para-hydroxylation sites is 1. The van der Waals surface area contributed by atoms with Crippen molar-refractivity contribution in [1.29, 1.82) is 0 Å². The summed E-state index contributed by atoms with van der Waals surface area (Å²) in [6.45, 7) is -0.890. The fourth-order valence-electron chi connectivity index (χ4n) is 3.15. The Morgan fingerprint density at radius 1 is 1.03 bits per heavy atom. The van der Waals surface area contributed by atoms with E-state index in [1.165, 1.54) is 12.1 Å². The zero-order valence-corrected chi connectivity index (χ0v) is 17.4. The minimum atomic E-state index is -2.94. The van der Waals surface area contributed by atoms with E-state index in [9.17, 15) is 13.6 Å². The zero-order chi connectivity index (χ0) is 21.8. The zero-order valence-electron chi connectivity index (χ0n) is 16.6. The van der Waals surface area contributed by atoms with E-state index in [1.807, 2.05) is 36.4 Å². The molecule has 7 heteroatoms. The first-order valence-electron chi connectivity index (χ1n) is 9.65. The number of benzene rings is 3. The van der Waals surface area contributed by atoms with Gasteiger partial charge in [0.2, 0.25) is 0 Å². The Kier molecular flexibility index (Phi) is 6.23. The molecule has 1 N–H and O–H groups in total. The predicted octanol–water partition coefficient (Wildman–Crippen LogP) is 6.79. The summed E-state index contributed by atoms with van der Waals surface area (Å²) in [5, 5.41) is 3.36. The van der Waals surface area contributed by atoms with Gasteiger partial charge in [-0.25, -0.2) is 0 Å². The molecule has 1 aliphatic heterocycles. The minimum Gasteiger partial charge on any atom is -0.490 e. The van der Waals surface area contributed by atoms with E-state index in [1.54, 1.807) is 43.0 Å². The number of hydrogen-bond acceptors (Lipinski definition) is 5. The molecule has 158 valence electrons. The molecule has 0 saturated heterocycles. The molecule has 1 heterocycles. The van der Waals surface area contributed by atoms with Gasteiger partial charge in [0.15, 0.2) is 17.3 Å². The Hall–Kier alpha value is -3.32. The first-order valence-corrected chi connectivity index (χ1v) is 10.5. The summed E-state index contributed by atoms with van der Waals surface area (Å²) in [6, 6.07) is 18.1. The average Bonchev–Trinajstić information content (AvgIpc) is 2.77. The second-order valence-electron chi connectivity index (χ2n) is 6.65. The van der Waals surface area contributed by atoms with E-state index >= 15 is 0 Å². The Morgan fingerprint density at radius 2 is 1.84 bits per heavy atom. The largest absolute Gasteiger partial charge is 0.490 e. The number of rotatable bonds is 7. The van der Waals surface area contributed by atoms with Crippen LogP contribution in [0.3, 0.4) is 0 Å². The van der Waals surface area contributed by atoms with Crippen LogP contribution < -0.4 is 14.8 Å². The summed E-state index contributed by atoms with van der Waals surface area (Å²) in [4.78, 5) is 14.9. The Morgan fingerprint density at radius 3 is 2.65 bits per heavy atom. The lowest BCUT2D eigenvalue weighted by Crippen LogP contribution is -2.04. The van der Waals surface area contributed by atoms with Crippen LogP contribution in [0.1, 0.15) is 22.8 Å². The van der Waals surface area contributed by atoms with Gasteiger partial charge in [0, 0.05) is 15.4 Å². The molecule has 3 aromatic rings. The Labute approximate surface area is 182 Å². The number of ether oxygens (including phenoxy) is 2. The van der Waals surface area contributed by atoms with E-state index in [0.29, 0.717) is 17.7 Å². The summed E-state index contributed by atoms with van der Waals surface area (Å²) in [5.41, 5.74) is 3.08. The molecule has 0 fully saturated rings. The number of hydrogen-bond donors (Lipinski definition) is 1. The van der Waals surface area contributed by atoms with E-state index in [4.69, 9.17) is 4.74 Å². The summed E-state index contributed by atoms with van der Waals surface area (Å²) in [5.74, 6) is -0.00994. The average molecular weight is 439 g/mol. The lowest BCUT2D eigenvalue weighted by Gasteiger charge is -2.20. The highest BCUT2D eigenvalue weighted by atomic mass is 32.2. The van der Waals surface area contributed by atoms with Gasteiger partial charge in [0.25, 0.3) is 0 Å². The van der Waals surface area contributed by atoms with E-state index in [0.717, 1.165) is 21.2 Å². The van der Waals surface area contributed by atoms with Gasteiger partial charge >= 0.3 is 6.61 Å². The van der Waals surface area contributed by atoms with Crippen molar-refractivity contribution in [3.8, 4) is 11.5 Å². The third-order valence-corrected chi connectivity index (χ3v) is 5.70. The quantitative estimate of drug-likeness (QED) is 0.254. The maximum atomic E-state index is 12.7. The smallest absolute Gasteiger partial charge is 0.387 e. The van der Waals surface area contributed by atoms with Crippen molar-refractivity contribution in [2.75, 3.05) is 11.9 Å². The van der Waals surface area contributed by atoms with E-state index in [2.05, 4.69) is 10.1 Å². The van der Waals surface area contributed by atoms with Crippen LogP contribution in [-0.2, 0) is 0 Å². The van der Waals surface area contributed by atoms with Crippen LogP contribution in [0.4, 0.5) is 20.2 Å². The number of ketones is 1. The second-order valence-corrected chi connectivity index (χ2v) is 7.73. The molecule has 4 nitrogen and oxygen atoms in total.